The number of ether oxygens (including phenoxy) is 1. The first kappa shape index (κ1) is 25.4. The molecule has 38 heavy (non-hydrogen) atoms. The summed E-state index contributed by atoms with van der Waals surface area (Å²) in [5, 5.41) is 10.4. The Balaban J connectivity index is 1.33. The molecule has 1 fully saturated rings. The number of hydrogen-bond acceptors (Lipinski definition) is 6. The number of nitrogens with zero attached hydrogens (tertiary/aromatic N) is 4. The minimum absolute atomic E-state index is 0.0411. The van der Waals surface area contributed by atoms with Crippen LogP contribution >= 0.6 is 0 Å². The van der Waals surface area contributed by atoms with E-state index in [0.29, 0.717) is 43.1 Å². The topological polar surface area (TPSA) is 96.0 Å². The fraction of sp³-hybridized carbons (Fsp3) is 0.259. The lowest BCUT2D eigenvalue weighted by molar-refractivity contribution is -0.138. The van der Waals surface area contributed by atoms with E-state index < -0.39 is 17.6 Å². The minimum atomic E-state index is -4.56. The molecule has 1 aliphatic heterocycles. The molecule has 11 heteroatoms. The first-order valence-electron chi connectivity index (χ1n) is 11.9. The van der Waals surface area contributed by atoms with Gasteiger partial charge >= 0.3 is 6.18 Å². The first-order valence-corrected chi connectivity index (χ1v) is 11.9. The van der Waals surface area contributed by atoms with E-state index in [0.717, 1.165) is 17.1 Å². The molecule has 2 N–H and O–H groups in total. The number of nitrogens with one attached hydrogen (secondary N) is 2. The number of fused-ring (bicyclic) bond motifs is 1. The zero-order valence-electron chi connectivity index (χ0n) is 20.4. The molecule has 0 atom stereocenters. The number of anilines is 1. The van der Waals surface area contributed by atoms with Gasteiger partial charge in [-0.15, -0.1) is 0 Å². The molecule has 0 bridgehead atoms. The largest absolute Gasteiger partial charge is 0.416 e. The maximum atomic E-state index is 13.8. The quantitative estimate of drug-likeness (QED) is 0.393. The summed E-state index contributed by atoms with van der Waals surface area (Å²) in [6.45, 7) is 4.15. The molecule has 5 rings (SSSR count). The van der Waals surface area contributed by atoms with Crippen molar-refractivity contribution in [2.24, 2.45) is 0 Å². The summed E-state index contributed by atoms with van der Waals surface area (Å²) < 4.78 is 46.7. The van der Waals surface area contributed by atoms with Gasteiger partial charge in [0, 0.05) is 66.1 Å². The normalized spacial score (nSPS) is 14.2. The highest BCUT2D eigenvalue weighted by atomic mass is 19.4. The van der Waals surface area contributed by atoms with E-state index in [9.17, 15) is 18.0 Å². The van der Waals surface area contributed by atoms with Crippen LogP contribution < -0.4 is 5.32 Å². The lowest BCUT2D eigenvalue weighted by atomic mass is 10.0. The monoisotopic (exact) mass is 520 g/mol. The third-order valence-electron chi connectivity index (χ3n) is 6.12. The van der Waals surface area contributed by atoms with E-state index in [-0.39, 0.29) is 23.4 Å². The number of H-pyrrole nitrogens is 1. The summed E-state index contributed by atoms with van der Waals surface area (Å²) >= 11 is 0. The van der Waals surface area contributed by atoms with Crippen LogP contribution in [0, 0.1) is 18.8 Å². The number of carbonyl (C=O) groups is 1. The SMILES string of the molecule is Cc1[nH]nc2ncc(C#Cc3cncc(C(=O)Nc4ccc(CN5CCOCC5)c(C(F)(F)F)c4)c3)cc12. The number of aryl methyl sites for hydroxylation is 1. The predicted octanol–water partition coefficient (Wildman–Crippen LogP) is 4.16. The van der Waals surface area contributed by atoms with E-state index in [1.165, 1.54) is 30.6 Å². The van der Waals surface area contributed by atoms with Gasteiger partial charge in [0.25, 0.3) is 5.91 Å². The Bertz CT molecular complexity index is 1550. The van der Waals surface area contributed by atoms with E-state index in [4.69, 9.17) is 4.74 Å². The van der Waals surface area contributed by atoms with Gasteiger partial charge in [0.05, 0.1) is 24.3 Å². The lowest BCUT2D eigenvalue weighted by Crippen LogP contribution is -2.36. The molecule has 0 radical (unpaired) electrons. The van der Waals surface area contributed by atoms with Crippen molar-refractivity contribution in [1.29, 1.82) is 0 Å². The van der Waals surface area contributed by atoms with E-state index >= 15 is 0 Å². The average Bonchev–Trinajstić information content (AvgIpc) is 3.28. The van der Waals surface area contributed by atoms with Gasteiger partial charge in [-0.3, -0.25) is 19.8 Å². The van der Waals surface area contributed by atoms with Crippen LogP contribution in [0.1, 0.15) is 38.3 Å². The van der Waals surface area contributed by atoms with Gasteiger partial charge in [-0.25, -0.2) is 4.98 Å². The zero-order chi connectivity index (χ0) is 26.7. The Kier molecular flexibility index (Phi) is 7.09. The molecule has 4 heterocycles. The molecule has 1 amide bonds. The van der Waals surface area contributed by atoms with Crippen molar-refractivity contribution in [3.63, 3.8) is 0 Å². The molecule has 8 nitrogen and oxygen atoms in total. The highest BCUT2D eigenvalue weighted by Crippen LogP contribution is 2.34. The van der Waals surface area contributed by atoms with Crippen LogP contribution in [0.25, 0.3) is 11.0 Å². The Morgan fingerprint density at radius 3 is 2.63 bits per heavy atom. The van der Waals surface area contributed by atoms with Gasteiger partial charge in [0.15, 0.2) is 5.65 Å². The number of morpholine rings is 1. The van der Waals surface area contributed by atoms with E-state index in [1.807, 2.05) is 17.9 Å². The summed E-state index contributed by atoms with van der Waals surface area (Å²) in [5.41, 5.74) is 2.18. The molecule has 1 aromatic carbocycles. The second-order valence-electron chi connectivity index (χ2n) is 8.87. The smallest absolute Gasteiger partial charge is 0.379 e. The fourth-order valence-electron chi connectivity index (χ4n) is 4.12. The summed E-state index contributed by atoms with van der Waals surface area (Å²) in [4.78, 5) is 23.1. The summed E-state index contributed by atoms with van der Waals surface area (Å²) in [7, 11) is 0. The first-order chi connectivity index (χ1) is 18.3. The van der Waals surface area contributed by atoms with Crippen molar-refractivity contribution in [2.45, 2.75) is 19.6 Å². The van der Waals surface area contributed by atoms with E-state index in [2.05, 4.69) is 37.3 Å². The highest BCUT2D eigenvalue weighted by molar-refractivity contribution is 6.04. The molecule has 3 aromatic heterocycles. The van der Waals surface area contributed by atoms with Crippen LogP contribution in [0.4, 0.5) is 18.9 Å². The maximum Gasteiger partial charge on any atom is 0.416 e. The molecule has 0 spiro atoms. The molecule has 194 valence electrons. The van der Waals surface area contributed by atoms with Crippen LogP contribution in [0.3, 0.4) is 0 Å². The molecular formula is C27H23F3N6O2. The second kappa shape index (κ2) is 10.6. The number of benzene rings is 1. The second-order valence-corrected chi connectivity index (χ2v) is 8.87. The van der Waals surface area contributed by atoms with Crippen LogP contribution in [0.15, 0.2) is 48.9 Å². The maximum absolute atomic E-state index is 13.8. The predicted molar refractivity (Wildman–Crippen MR) is 134 cm³/mol. The standard InChI is InChI=1S/C27H23F3N6O2/c1-17-23-11-19(14-32-25(23)35-34-17)3-2-18-10-21(15-31-13-18)26(37)33-22-5-4-20(24(12-22)27(28,29)30)16-36-6-8-38-9-7-36/h4-5,10-15H,6-9,16H2,1H3,(H,33,37)(H,32,34,35). The van der Waals surface area contributed by atoms with Crippen LogP contribution in [-0.2, 0) is 17.5 Å². The van der Waals surface area contributed by atoms with Gasteiger partial charge in [0.1, 0.15) is 0 Å². The van der Waals surface area contributed by atoms with Gasteiger partial charge in [-0.2, -0.15) is 18.3 Å². The Hall–Kier alpha value is -4.27. The average molecular weight is 521 g/mol. The van der Waals surface area contributed by atoms with Crippen LogP contribution in [0.2, 0.25) is 0 Å². The number of aromatic amines is 1. The fourth-order valence-corrected chi connectivity index (χ4v) is 4.12. The molecule has 4 aromatic rings. The molecule has 0 unspecified atom stereocenters. The number of amides is 1. The van der Waals surface area contributed by atoms with Crippen molar-refractivity contribution in [3.05, 3.63) is 82.4 Å². The van der Waals surface area contributed by atoms with Crippen LogP contribution in [0.5, 0.6) is 0 Å². The molecule has 0 aliphatic carbocycles. The lowest BCUT2D eigenvalue weighted by Gasteiger charge is -2.27. The summed E-state index contributed by atoms with van der Waals surface area (Å²) in [6, 6.07) is 7.23. The Labute approximate surface area is 216 Å². The van der Waals surface area contributed by atoms with Crippen molar-refractivity contribution in [1.82, 2.24) is 25.1 Å². The van der Waals surface area contributed by atoms with Crippen LogP contribution in [-0.4, -0.2) is 57.3 Å². The third kappa shape index (κ3) is 5.82. The highest BCUT2D eigenvalue weighted by Gasteiger charge is 2.34. The van der Waals surface area contributed by atoms with E-state index in [1.54, 1.807) is 6.20 Å². The third-order valence-corrected chi connectivity index (χ3v) is 6.12. The van der Waals surface area contributed by atoms with Crippen molar-refractivity contribution in [2.75, 3.05) is 31.6 Å². The summed E-state index contributed by atoms with van der Waals surface area (Å²) in [6.07, 6.45) is -0.131. The Morgan fingerprint density at radius 2 is 1.87 bits per heavy atom. The number of rotatable bonds is 4. The molecular weight excluding hydrogens is 497 g/mol. The number of hydrogen-bond donors (Lipinski definition) is 2. The zero-order valence-corrected chi connectivity index (χ0v) is 20.4. The number of pyridine rings is 2. The van der Waals surface area contributed by atoms with Crippen molar-refractivity contribution < 1.29 is 22.7 Å². The number of halogens is 3. The van der Waals surface area contributed by atoms with Gasteiger partial charge in [-0.05, 0) is 36.8 Å². The molecule has 1 saturated heterocycles. The number of carbonyl (C=O) groups excluding carboxylic acids is 1. The minimum Gasteiger partial charge on any atom is -0.379 e. The van der Waals surface area contributed by atoms with Gasteiger partial charge in [0.2, 0.25) is 0 Å². The molecule has 0 saturated carbocycles. The van der Waals surface area contributed by atoms with Crippen molar-refractivity contribution in [3.8, 4) is 11.8 Å². The van der Waals surface area contributed by atoms with Gasteiger partial charge in [-0.1, -0.05) is 17.9 Å². The summed E-state index contributed by atoms with van der Waals surface area (Å²) in [5.74, 6) is 5.34. The van der Waals surface area contributed by atoms with Gasteiger partial charge < -0.3 is 10.1 Å². The molecule has 1 aliphatic rings. The number of aromatic nitrogens is 4. The van der Waals surface area contributed by atoms with Crippen molar-refractivity contribution >= 4 is 22.6 Å². The number of alkyl halides is 3. The Morgan fingerprint density at radius 1 is 1.11 bits per heavy atom.